The number of nitrogens with zero attached hydrogens (tertiary/aromatic N) is 1. The lowest BCUT2D eigenvalue weighted by molar-refractivity contribution is 0.326. The van der Waals surface area contributed by atoms with Gasteiger partial charge >= 0.3 is 0 Å². The van der Waals surface area contributed by atoms with Crippen LogP contribution in [0.5, 0.6) is 0 Å². The van der Waals surface area contributed by atoms with Gasteiger partial charge in [-0.25, -0.2) is 4.99 Å². The van der Waals surface area contributed by atoms with Crippen LogP contribution in [-0.4, -0.2) is 11.3 Å². The molecule has 11 heavy (non-hydrogen) atoms. The SMILES string of the molecule is OC1=CC2CCCCC2C=N1. The maximum Gasteiger partial charge on any atom is 0.206 e. The smallest absolute Gasteiger partial charge is 0.206 e. The van der Waals surface area contributed by atoms with Crippen molar-refractivity contribution in [2.75, 3.05) is 0 Å². The molecule has 0 spiro atoms. The second-order valence-corrected chi connectivity index (χ2v) is 3.42. The highest BCUT2D eigenvalue weighted by molar-refractivity contribution is 5.64. The summed E-state index contributed by atoms with van der Waals surface area (Å²) in [6.45, 7) is 0. The first kappa shape index (κ1) is 6.89. The van der Waals surface area contributed by atoms with E-state index in [0.717, 1.165) is 0 Å². The molecule has 1 aliphatic carbocycles. The zero-order valence-corrected chi connectivity index (χ0v) is 6.53. The van der Waals surface area contributed by atoms with Crippen LogP contribution >= 0.6 is 0 Å². The molecule has 2 aliphatic rings. The number of aliphatic hydroxyl groups excluding tert-OH is 1. The molecule has 0 aromatic heterocycles. The van der Waals surface area contributed by atoms with Gasteiger partial charge in [0, 0.05) is 12.1 Å². The van der Waals surface area contributed by atoms with Gasteiger partial charge in [-0.2, -0.15) is 0 Å². The topological polar surface area (TPSA) is 32.6 Å². The van der Waals surface area contributed by atoms with Crippen molar-refractivity contribution in [3.05, 3.63) is 12.0 Å². The molecule has 1 fully saturated rings. The summed E-state index contributed by atoms with van der Waals surface area (Å²) < 4.78 is 0. The Morgan fingerprint density at radius 1 is 1.27 bits per heavy atom. The Bertz CT molecular complexity index is 208. The highest BCUT2D eigenvalue weighted by atomic mass is 16.3. The first-order chi connectivity index (χ1) is 5.36. The summed E-state index contributed by atoms with van der Waals surface area (Å²) in [5, 5.41) is 9.11. The fourth-order valence-corrected chi connectivity index (χ4v) is 1.99. The second kappa shape index (κ2) is 2.68. The Balaban J connectivity index is 2.13. The van der Waals surface area contributed by atoms with Gasteiger partial charge in [-0.1, -0.05) is 12.8 Å². The summed E-state index contributed by atoms with van der Waals surface area (Å²) >= 11 is 0. The van der Waals surface area contributed by atoms with E-state index in [-0.39, 0.29) is 5.88 Å². The van der Waals surface area contributed by atoms with Gasteiger partial charge in [0.05, 0.1) is 0 Å². The molecule has 2 atom stereocenters. The molecule has 1 N–H and O–H groups in total. The fraction of sp³-hybridized carbons (Fsp3) is 0.667. The zero-order valence-electron chi connectivity index (χ0n) is 6.53. The number of aliphatic imine (C=N–C) groups is 1. The third-order valence-corrected chi connectivity index (χ3v) is 2.64. The number of fused-ring (bicyclic) bond motifs is 1. The van der Waals surface area contributed by atoms with Crippen molar-refractivity contribution in [2.45, 2.75) is 25.7 Å². The summed E-state index contributed by atoms with van der Waals surface area (Å²) in [4.78, 5) is 3.91. The first-order valence-electron chi connectivity index (χ1n) is 4.31. The standard InChI is InChI=1S/C9H13NO/c11-9-5-7-3-1-2-4-8(7)6-10-9/h5-8,11H,1-4H2. The van der Waals surface area contributed by atoms with Crippen molar-refractivity contribution >= 4 is 6.21 Å². The quantitative estimate of drug-likeness (QED) is 0.566. The number of hydrogen-bond acceptors (Lipinski definition) is 2. The Morgan fingerprint density at radius 2 is 2.00 bits per heavy atom. The zero-order chi connectivity index (χ0) is 7.68. The lowest BCUT2D eigenvalue weighted by atomic mass is 9.79. The molecular formula is C9H13NO. The summed E-state index contributed by atoms with van der Waals surface area (Å²) in [6, 6.07) is 0. The van der Waals surface area contributed by atoms with E-state index in [9.17, 15) is 0 Å². The van der Waals surface area contributed by atoms with E-state index in [1.54, 1.807) is 0 Å². The average Bonchev–Trinajstić information content (AvgIpc) is 2.04. The van der Waals surface area contributed by atoms with E-state index in [1.165, 1.54) is 25.7 Å². The van der Waals surface area contributed by atoms with Gasteiger partial charge in [0.1, 0.15) is 0 Å². The normalized spacial score (nSPS) is 36.2. The van der Waals surface area contributed by atoms with E-state index in [0.29, 0.717) is 11.8 Å². The number of hydrogen-bond donors (Lipinski definition) is 1. The molecule has 1 aliphatic heterocycles. The van der Waals surface area contributed by atoms with Gasteiger partial charge < -0.3 is 5.11 Å². The third kappa shape index (κ3) is 1.30. The molecule has 1 saturated carbocycles. The van der Waals surface area contributed by atoms with Crippen molar-refractivity contribution in [2.24, 2.45) is 16.8 Å². The monoisotopic (exact) mass is 151 g/mol. The van der Waals surface area contributed by atoms with Crippen LogP contribution in [0.15, 0.2) is 17.0 Å². The second-order valence-electron chi connectivity index (χ2n) is 3.42. The molecule has 0 aromatic rings. The minimum absolute atomic E-state index is 0.216. The van der Waals surface area contributed by atoms with Gasteiger partial charge in [-0.3, -0.25) is 0 Å². The molecule has 0 radical (unpaired) electrons. The van der Waals surface area contributed by atoms with E-state index in [1.807, 2.05) is 12.3 Å². The predicted octanol–water partition coefficient (Wildman–Crippen LogP) is 2.28. The van der Waals surface area contributed by atoms with Crippen molar-refractivity contribution < 1.29 is 5.11 Å². The van der Waals surface area contributed by atoms with E-state index < -0.39 is 0 Å². The van der Waals surface area contributed by atoms with E-state index in [2.05, 4.69) is 4.99 Å². The maximum absolute atomic E-state index is 9.11. The van der Waals surface area contributed by atoms with Crippen molar-refractivity contribution in [3.63, 3.8) is 0 Å². The molecule has 2 rings (SSSR count). The molecule has 2 nitrogen and oxygen atoms in total. The Hall–Kier alpha value is -0.790. The first-order valence-corrected chi connectivity index (χ1v) is 4.31. The minimum atomic E-state index is 0.216. The van der Waals surface area contributed by atoms with Crippen LogP contribution in [-0.2, 0) is 0 Å². The fourth-order valence-electron chi connectivity index (χ4n) is 1.99. The number of allylic oxidation sites excluding steroid dienone is 1. The van der Waals surface area contributed by atoms with Crippen LogP contribution < -0.4 is 0 Å². The van der Waals surface area contributed by atoms with Gasteiger partial charge in [-0.05, 0) is 24.8 Å². The molecule has 2 heteroatoms. The van der Waals surface area contributed by atoms with Crippen molar-refractivity contribution in [1.29, 1.82) is 0 Å². The summed E-state index contributed by atoms with van der Waals surface area (Å²) in [5.74, 6) is 1.40. The van der Waals surface area contributed by atoms with Crippen LogP contribution in [0, 0.1) is 11.8 Å². The molecule has 0 saturated heterocycles. The third-order valence-electron chi connectivity index (χ3n) is 2.64. The van der Waals surface area contributed by atoms with Crippen LogP contribution in [0.3, 0.4) is 0 Å². The lowest BCUT2D eigenvalue weighted by Gasteiger charge is -2.28. The van der Waals surface area contributed by atoms with Crippen LogP contribution in [0.1, 0.15) is 25.7 Å². The van der Waals surface area contributed by atoms with Gasteiger partial charge in [0.15, 0.2) is 0 Å². The summed E-state index contributed by atoms with van der Waals surface area (Å²) in [5.41, 5.74) is 0. The Labute approximate surface area is 66.6 Å². The van der Waals surface area contributed by atoms with Crippen molar-refractivity contribution in [1.82, 2.24) is 0 Å². The van der Waals surface area contributed by atoms with Gasteiger partial charge in [0.2, 0.25) is 5.88 Å². The molecule has 2 unspecified atom stereocenters. The number of rotatable bonds is 0. The van der Waals surface area contributed by atoms with Crippen molar-refractivity contribution in [3.8, 4) is 0 Å². The Kier molecular flexibility index (Phi) is 1.68. The highest BCUT2D eigenvalue weighted by Gasteiger charge is 2.24. The molecular weight excluding hydrogens is 138 g/mol. The lowest BCUT2D eigenvalue weighted by Crippen LogP contribution is -2.21. The molecule has 0 amide bonds. The van der Waals surface area contributed by atoms with Crippen LogP contribution in [0.2, 0.25) is 0 Å². The average molecular weight is 151 g/mol. The van der Waals surface area contributed by atoms with E-state index >= 15 is 0 Å². The van der Waals surface area contributed by atoms with Gasteiger partial charge in [-0.15, -0.1) is 0 Å². The molecule has 60 valence electrons. The minimum Gasteiger partial charge on any atom is -0.493 e. The number of aliphatic hydroxyl groups is 1. The van der Waals surface area contributed by atoms with Crippen LogP contribution in [0.4, 0.5) is 0 Å². The van der Waals surface area contributed by atoms with Crippen LogP contribution in [0.25, 0.3) is 0 Å². The largest absolute Gasteiger partial charge is 0.493 e. The van der Waals surface area contributed by atoms with Gasteiger partial charge in [0.25, 0.3) is 0 Å². The summed E-state index contributed by atoms with van der Waals surface area (Å²) in [7, 11) is 0. The molecule has 0 aromatic carbocycles. The molecule has 1 heterocycles. The highest BCUT2D eigenvalue weighted by Crippen LogP contribution is 2.32. The predicted molar refractivity (Wildman–Crippen MR) is 44.7 cm³/mol. The molecule has 0 bridgehead atoms. The Morgan fingerprint density at radius 3 is 2.82 bits per heavy atom. The van der Waals surface area contributed by atoms with E-state index in [4.69, 9.17) is 5.11 Å². The maximum atomic E-state index is 9.11. The summed E-state index contributed by atoms with van der Waals surface area (Å²) in [6.07, 6.45) is 8.92.